The van der Waals surface area contributed by atoms with Crippen LogP contribution in [0.5, 0.6) is 11.5 Å². The Bertz CT molecular complexity index is 1360. The van der Waals surface area contributed by atoms with Crippen LogP contribution in [0.2, 0.25) is 0 Å². The van der Waals surface area contributed by atoms with Gasteiger partial charge >= 0.3 is 0 Å². The largest absolute Gasteiger partial charge is 0.454 e. The first-order valence-corrected chi connectivity index (χ1v) is 11.5. The Morgan fingerprint density at radius 2 is 2.03 bits per heavy atom. The van der Waals surface area contributed by atoms with E-state index in [-0.39, 0.29) is 18.7 Å². The van der Waals surface area contributed by atoms with Crippen LogP contribution in [0.1, 0.15) is 54.7 Å². The highest BCUT2D eigenvalue weighted by Crippen LogP contribution is 2.41. The average molecular weight is 448 g/mol. The lowest BCUT2D eigenvalue weighted by Crippen LogP contribution is -2.13. The van der Waals surface area contributed by atoms with E-state index in [4.69, 9.17) is 14.5 Å². The number of pyridine rings is 1. The van der Waals surface area contributed by atoms with Gasteiger partial charge in [-0.1, -0.05) is 0 Å². The second-order valence-electron chi connectivity index (χ2n) is 8.35. The molecule has 1 aromatic carbocycles. The van der Waals surface area contributed by atoms with E-state index >= 15 is 0 Å². The number of anilines is 1. The van der Waals surface area contributed by atoms with Crippen molar-refractivity contribution < 1.29 is 14.3 Å². The number of hydrogen-bond donors (Lipinski definition) is 1. The topological polar surface area (TPSA) is 91.2 Å². The van der Waals surface area contributed by atoms with Crippen LogP contribution < -0.4 is 14.8 Å². The average Bonchev–Trinajstić information content (AvgIpc) is 3.17. The van der Waals surface area contributed by atoms with Crippen LogP contribution in [0, 0.1) is 0 Å². The number of thiazole rings is 1. The summed E-state index contributed by atoms with van der Waals surface area (Å²) < 4.78 is 12.7. The molecule has 1 N–H and O–H groups in total. The molecule has 0 spiro atoms. The lowest BCUT2D eigenvalue weighted by Gasteiger charge is -2.10. The minimum atomic E-state index is -0.200. The van der Waals surface area contributed by atoms with Gasteiger partial charge < -0.3 is 9.47 Å². The minimum Gasteiger partial charge on any atom is -0.454 e. The lowest BCUT2D eigenvalue weighted by molar-refractivity contribution is 0.102. The summed E-state index contributed by atoms with van der Waals surface area (Å²) in [6, 6.07) is 7.78. The van der Waals surface area contributed by atoms with E-state index in [1.165, 1.54) is 11.3 Å². The molecular formula is C23H21N5O3S. The molecule has 6 rings (SSSR count). The van der Waals surface area contributed by atoms with Crippen molar-refractivity contribution in [3.8, 4) is 22.8 Å². The van der Waals surface area contributed by atoms with Crippen LogP contribution in [0.15, 0.2) is 35.8 Å². The number of benzene rings is 1. The number of amides is 1. The maximum Gasteiger partial charge on any atom is 0.258 e. The third-order valence-electron chi connectivity index (χ3n) is 5.71. The van der Waals surface area contributed by atoms with Gasteiger partial charge in [0.1, 0.15) is 0 Å². The van der Waals surface area contributed by atoms with E-state index in [9.17, 15) is 4.79 Å². The molecule has 3 aromatic heterocycles. The highest BCUT2D eigenvalue weighted by Gasteiger charge is 2.28. The number of ether oxygens (including phenoxy) is 2. The molecule has 4 aromatic rings. The minimum absolute atomic E-state index is 0.161. The molecule has 32 heavy (non-hydrogen) atoms. The van der Waals surface area contributed by atoms with Crippen LogP contribution >= 0.6 is 11.3 Å². The van der Waals surface area contributed by atoms with Crippen molar-refractivity contribution in [1.82, 2.24) is 19.7 Å². The molecule has 1 aliphatic heterocycles. The highest BCUT2D eigenvalue weighted by molar-refractivity contribution is 7.14. The Hall–Kier alpha value is -3.46. The van der Waals surface area contributed by atoms with Crippen LogP contribution in [0.4, 0.5) is 5.13 Å². The van der Waals surface area contributed by atoms with Crippen molar-refractivity contribution in [3.05, 3.63) is 47.1 Å². The van der Waals surface area contributed by atoms with Crippen molar-refractivity contribution in [1.29, 1.82) is 0 Å². The molecule has 8 nitrogen and oxygen atoms in total. The summed E-state index contributed by atoms with van der Waals surface area (Å²) in [5.41, 5.74) is 3.99. The van der Waals surface area contributed by atoms with Gasteiger partial charge in [-0.3, -0.25) is 10.1 Å². The molecular weight excluding hydrogens is 426 g/mol. The summed E-state index contributed by atoms with van der Waals surface area (Å²) in [5, 5.41) is 10.7. The molecule has 9 heteroatoms. The second-order valence-corrected chi connectivity index (χ2v) is 9.21. The van der Waals surface area contributed by atoms with E-state index < -0.39 is 0 Å². The number of hydrogen-bond acceptors (Lipinski definition) is 7. The van der Waals surface area contributed by atoms with Gasteiger partial charge in [0.25, 0.3) is 5.91 Å². The Balaban J connectivity index is 1.31. The van der Waals surface area contributed by atoms with Crippen molar-refractivity contribution >= 4 is 33.4 Å². The summed E-state index contributed by atoms with van der Waals surface area (Å²) in [6.07, 6.45) is 3.95. The number of carbonyl (C=O) groups excluding carboxylic acids is 1. The Labute approximate surface area is 188 Å². The molecule has 0 bridgehead atoms. The monoisotopic (exact) mass is 447 g/mol. The van der Waals surface area contributed by atoms with Crippen LogP contribution in [0.25, 0.3) is 22.3 Å². The molecule has 1 fully saturated rings. The van der Waals surface area contributed by atoms with Crippen molar-refractivity contribution in [2.45, 2.75) is 38.6 Å². The maximum absolute atomic E-state index is 13.3. The fourth-order valence-corrected chi connectivity index (χ4v) is 4.59. The predicted octanol–water partition coefficient (Wildman–Crippen LogP) is 4.99. The first-order chi connectivity index (χ1) is 15.6. The zero-order chi connectivity index (χ0) is 21.8. The summed E-state index contributed by atoms with van der Waals surface area (Å²) in [7, 11) is 0. The summed E-state index contributed by atoms with van der Waals surface area (Å²) in [5.74, 6) is 1.66. The molecule has 4 heterocycles. The van der Waals surface area contributed by atoms with Gasteiger partial charge in [-0.2, -0.15) is 5.10 Å². The van der Waals surface area contributed by atoms with Gasteiger partial charge in [0, 0.05) is 28.6 Å². The van der Waals surface area contributed by atoms with Gasteiger partial charge in [-0.25, -0.2) is 14.6 Å². The zero-order valence-corrected chi connectivity index (χ0v) is 18.5. The molecule has 2 aliphatic rings. The first-order valence-electron chi connectivity index (χ1n) is 10.6. The molecule has 162 valence electrons. The van der Waals surface area contributed by atoms with Gasteiger partial charge in [-0.15, -0.1) is 11.3 Å². The van der Waals surface area contributed by atoms with E-state index in [1.54, 1.807) is 6.20 Å². The Morgan fingerprint density at radius 1 is 1.19 bits per heavy atom. The molecule has 0 atom stereocenters. The number of carbonyl (C=O) groups is 1. The molecule has 1 saturated carbocycles. The molecule has 1 amide bonds. The fourth-order valence-electron chi connectivity index (χ4n) is 3.88. The van der Waals surface area contributed by atoms with Gasteiger partial charge in [0.05, 0.1) is 22.8 Å². The number of fused-ring (bicyclic) bond motifs is 2. The summed E-state index contributed by atoms with van der Waals surface area (Å²) in [4.78, 5) is 22.7. The smallest absolute Gasteiger partial charge is 0.258 e. The van der Waals surface area contributed by atoms with Crippen LogP contribution in [-0.2, 0) is 0 Å². The molecule has 0 unspecified atom stereocenters. The molecule has 1 aliphatic carbocycles. The zero-order valence-electron chi connectivity index (χ0n) is 17.7. The first kappa shape index (κ1) is 19.2. The lowest BCUT2D eigenvalue weighted by atomic mass is 10.1. The second kappa shape index (κ2) is 7.30. The fraction of sp³-hybridized carbons (Fsp3) is 0.304. The number of aromatic nitrogens is 4. The normalized spacial score (nSPS) is 15.0. The molecule has 0 saturated heterocycles. The van der Waals surface area contributed by atoms with E-state index in [0.29, 0.717) is 22.4 Å². The quantitative estimate of drug-likeness (QED) is 0.463. The van der Waals surface area contributed by atoms with Gasteiger partial charge in [0.15, 0.2) is 22.3 Å². The van der Waals surface area contributed by atoms with Gasteiger partial charge in [0.2, 0.25) is 6.79 Å². The summed E-state index contributed by atoms with van der Waals surface area (Å²) in [6.45, 7) is 4.35. The molecule has 0 radical (unpaired) electrons. The summed E-state index contributed by atoms with van der Waals surface area (Å²) >= 11 is 1.39. The van der Waals surface area contributed by atoms with Gasteiger partial charge in [-0.05, 0) is 51.0 Å². The Kier molecular flexibility index (Phi) is 4.39. The SMILES string of the molecule is CC(C)n1ncc2c(C(=O)Nc3nc(-c4ccc5c(c4)OCO5)cs3)cc(C3CC3)nc21. The van der Waals surface area contributed by atoms with Crippen LogP contribution in [0.3, 0.4) is 0 Å². The van der Waals surface area contributed by atoms with Crippen molar-refractivity contribution in [2.24, 2.45) is 0 Å². The van der Waals surface area contributed by atoms with Crippen molar-refractivity contribution in [2.75, 3.05) is 12.1 Å². The standard InChI is InChI=1S/C23H21N5O3S/c1-12(2)28-21-16(9-24-28)15(8-17(25-21)13-3-4-13)22(29)27-23-26-18(10-32-23)14-5-6-19-20(7-14)31-11-30-19/h5-10,12-13H,3-4,11H2,1-2H3,(H,26,27,29). The third kappa shape index (κ3) is 3.29. The number of rotatable bonds is 5. The maximum atomic E-state index is 13.3. The third-order valence-corrected chi connectivity index (χ3v) is 6.47. The number of nitrogens with one attached hydrogen (secondary N) is 1. The van der Waals surface area contributed by atoms with Crippen molar-refractivity contribution in [3.63, 3.8) is 0 Å². The van der Waals surface area contributed by atoms with E-state index in [0.717, 1.165) is 46.6 Å². The predicted molar refractivity (Wildman–Crippen MR) is 122 cm³/mol. The van der Waals surface area contributed by atoms with E-state index in [1.807, 2.05) is 34.3 Å². The van der Waals surface area contributed by atoms with Crippen LogP contribution in [-0.4, -0.2) is 32.4 Å². The van der Waals surface area contributed by atoms with E-state index in [2.05, 4.69) is 29.2 Å². The highest BCUT2D eigenvalue weighted by atomic mass is 32.1. The number of nitrogens with zero attached hydrogens (tertiary/aromatic N) is 4. The Morgan fingerprint density at radius 3 is 2.84 bits per heavy atom.